The fraction of sp³-hybridized carbons (Fsp3) is 0.278. The van der Waals surface area contributed by atoms with E-state index in [0.717, 1.165) is 17.7 Å². The van der Waals surface area contributed by atoms with Gasteiger partial charge in [-0.2, -0.15) is 0 Å². The number of pyridine rings is 1. The van der Waals surface area contributed by atoms with E-state index in [1.165, 1.54) is 0 Å². The highest BCUT2D eigenvalue weighted by Gasteiger charge is 2.03. The summed E-state index contributed by atoms with van der Waals surface area (Å²) in [5, 5.41) is 12.9. The van der Waals surface area contributed by atoms with Gasteiger partial charge >= 0.3 is 5.97 Å². The molecule has 2 aromatic rings. The Morgan fingerprint density at radius 1 is 1.25 bits per heavy atom. The van der Waals surface area contributed by atoms with Crippen molar-refractivity contribution >= 4 is 11.7 Å². The van der Waals surface area contributed by atoms with Crippen LogP contribution < -0.4 is 4.74 Å². The molecule has 0 saturated heterocycles. The topological polar surface area (TPSA) is 81.0 Å². The van der Waals surface area contributed by atoms with Crippen LogP contribution in [0.15, 0.2) is 53.9 Å². The van der Waals surface area contributed by atoms with Crippen molar-refractivity contribution in [2.75, 3.05) is 13.2 Å². The van der Waals surface area contributed by atoms with Crippen molar-refractivity contribution in [3.63, 3.8) is 0 Å². The Labute approximate surface area is 140 Å². The summed E-state index contributed by atoms with van der Waals surface area (Å²) in [5.41, 5.74) is 2.46. The maximum absolute atomic E-state index is 10.7. The van der Waals surface area contributed by atoms with Crippen LogP contribution in [0.1, 0.15) is 24.5 Å². The minimum atomic E-state index is -0.868. The van der Waals surface area contributed by atoms with Gasteiger partial charge in [0, 0.05) is 18.0 Å². The minimum absolute atomic E-state index is 0.0248. The first-order valence-electron chi connectivity index (χ1n) is 7.71. The molecule has 0 aliphatic carbocycles. The molecule has 0 atom stereocenters. The third-order valence-electron chi connectivity index (χ3n) is 3.20. The molecule has 1 aromatic carbocycles. The number of carboxylic acid groups (broad SMARTS) is 1. The molecule has 1 heterocycles. The van der Waals surface area contributed by atoms with Crippen LogP contribution in [0, 0.1) is 0 Å². The Balaban J connectivity index is 1.80. The molecular weight excluding hydrogens is 308 g/mol. The number of carboxylic acids is 1. The largest absolute Gasteiger partial charge is 0.490 e. The lowest BCUT2D eigenvalue weighted by Crippen LogP contribution is -2.07. The number of hydrogen-bond acceptors (Lipinski definition) is 5. The summed E-state index contributed by atoms with van der Waals surface area (Å²) in [6.07, 6.45) is 4.17. The van der Waals surface area contributed by atoms with Gasteiger partial charge in [-0.05, 0) is 36.2 Å². The van der Waals surface area contributed by atoms with E-state index >= 15 is 0 Å². The van der Waals surface area contributed by atoms with Gasteiger partial charge in [0.15, 0.2) is 6.61 Å². The van der Waals surface area contributed by atoms with E-state index in [4.69, 9.17) is 14.7 Å². The van der Waals surface area contributed by atoms with Crippen molar-refractivity contribution in [3.8, 4) is 5.75 Å². The zero-order valence-electron chi connectivity index (χ0n) is 13.5. The lowest BCUT2D eigenvalue weighted by atomic mass is 10.1. The van der Waals surface area contributed by atoms with Crippen molar-refractivity contribution in [1.82, 2.24) is 4.98 Å². The molecule has 0 amide bonds. The normalized spacial score (nSPS) is 11.1. The van der Waals surface area contributed by atoms with Crippen molar-refractivity contribution < 1.29 is 19.5 Å². The van der Waals surface area contributed by atoms with Gasteiger partial charge in [0.2, 0.25) is 0 Å². The molecule has 0 fully saturated rings. The molecule has 126 valence electrons. The predicted molar refractivity (Wildman–Crippen MR) is 90.3 cm³/mol. The lowest BCUT2D eigenvalue weighted by molar-refractivity contribution is -0.136. The Morgan fingerprint density at radius 2 is 2.12 bits per heavy atom. The van der Waals surface area contributed by atoms with Gasteiger partial charge in [0.05, 0.1) is 12.1 Å². The van der Waals surface area contributed by atoms with E-state index in [1.807, 2.05) is 19.1 Å². The van der Waals surface area contributed by atoms with Crippen LogP contribution in [0.4, 0.5) is 0 Å². The van der Waals surface area contributed by atoms with Crippen LogP contribution in [-0.4, -0.2) is 35.0 Å². The second kappa shape index (κ2) is 9.29. The number of aromatic nitrogens is 1. The quantitative estimate of drug-likeness (QED) is 0.435. The molecule has 0 aliphatic rings. The van der Waals surface area contributed by atoms with E-state index in [-0.39, 0.29) is 6.42 Å². The van der Waals surface area contributed by atoms with E-state index in [2.05, 4.69) is 10.1 Å². The number of oxime groups is 1. The standard InChI is InChI=1S/C18H20N2O4/c1-2-17(15-6-4-8-19-13-15)20-24-10-9-23-16-7-3-5-14(11-16)12-18(21)22/h3-8,11,13H,2,9-10,12H2,1H3,(H,21,22). The minimum Gasteiger partial charge on any atom is -0.490 e. The summed E-state index contributed by atoms with van der Waals surface area (Å²) in [7, 11) is 0. The number of nitrogens with zero attached hydrogens (tertiary/aromatic N) is 2. The molecule has 0 unspecified atom stereocenters. The first-order chi connectivity index (χ1) is 11.7. The average molecular weight is 328 g/mol. The van der Waals surface area contributed by atoms with Crippen LogP contribution in [-0.2, 0) is 16.1 Å². The zero-order chi connectivity index (χ0) is 17.2. The van der Waals surface area contributed by atoms with Gasteiger partial charge in [-0.25, -0.2) is 0 Å². The second-order valence-electron chi connectivity index (χ2n) is 5.03. The van der Waals surface area contributed by atoms with Gasteiger partial charge in [-0.1, -0.05) is 24.2 Å². The summed E-state index contributed by atoms with van der Waals surface area (Å²) < 4.78 is 5.55. The van der Waals surface area contributed by atoms with E-state index in [1.54, 1.807) is 36.7 Å². The third-order valence-corrected chi connectivity index (χ3v) is 3.20. The highest BCUT2D eigenvalue weighted by Crippen LogP contribution is 2.13. The first kappa shape index (κ1) is 17.5. The Bertz CT molecular complexity index is 686. The van der Waals surface area contributed by atoms with Crippen LogP contribution in [0.2, 0.25) is 0 Å². The fourth-order valence-electron chi connectivity index (χ4n) is 2.10. The molecular formula is C18H20N2O4. The molecule has 6 heteroatoms. The third kappa shape index (κ3) is 5.72. The number of rotatable bonds is 9. The van der Waals surface area contributed by atoms with E-state index < -0.39 is 5.97 Å². The van der Waals surface area contributed by atoms with Gasteiger partial charge in [0.1, 0.15) is 12.4 Å². The maximum atomic E-state index is 10.7. The second-order valence-corrected chi connectivity index (χ2v) is 5.03. The Kier molecular flexibility index (Phi) is 6.76. The zero-order valence-corrected chi connectivity index (χ0v) is 13.5. The maximum Gasteiger partial charge on any atom is 0.307 e. The number of hydrogen-bond donors (Lipinski definition) is 1. The monoisotopic (exact) mass is 328 g/mol. The highest BCUT2D eigenvalue weighted by molar-refractivity contribution is 5.99. The summed E-state index contributed by atoms with van der Waals surface area (Å²) in [5.74, 6) is -0.253. The van der Waals surface area contributed by atoms with Crippen LogP contribution in [0.5, 0.6) is 5.75 Å². The molecule has 0 radical (unpaired) electrons. The molecule has 0 aliphatic heterocycles. The van der Waals surface area contributed by atoms with Crippen molar-refractivity contribution in [1.29, 1.82) is 0 Å². The van der Waals surface area contributed by atoms with Crippen LogP contribution >= 0.6 is 0 Å². The smallest absolute Gasteiger partial charge is 0.307 e. The van der Waals surface area contributed by atoms with Crippen molar-refractivity contribution in [2.45, 2.75) is 19.8 Å². The highest BCUT2D eigenvalue weighted by atomic mass is 16.6. The SMILES string of the molecule is CCC(=NOCCOc1cccc(CC(=O)O)c1)c1cccnc1. The van der Waals surface area contributed by atoms with E-state index in [9.17, 15) is 4.79 Å². The summed E-state index contributed by atoms with van der Waals surface area (Å²) in [6, 6.07) is 10.8. The Morgan fingerprint density at radius 3 is 2.83 bits per heavy atom. The van der Waals surface area contributed by atoms with Crippen molar-refractivity contribution in [2.24, 2.45) is 5.16 Å². The first-order valence-corrected chi connectivity index (χ1v) is 7.71. The summed E-state index contributed by atoms with van der Waals surface area (Å²) >= 11 is 0. The van der Waals surface area contributed by atoms with Gasteiger partial charge in [-0.15, -0.1) is 0 Å². The fourth-order valence-corrected chi connectivity index (χ4v) is 2.10. The molecule has 1 N–H and O–H groups in total. The Hall–Kier alpha value is -2.89. The van der Waals surface area contributed by atoms with Crippen LogP contribution in [0.3, 0.4) is 0 Å². The van der Waals surface area contributed by atoms with Gasteiger partial charge in [-0.3, -0.25) is 9.78 Å². The number of ether oxygens (including phenoxy) is 1. The average Bonchev–Trinajstić information content (AvgIpc) is 2.58. The molecule has 1 aromatic heterocycles. The summed E-state index contributed by atoms with van der Waals surface area (Å²) in [4.78, 5) is 20.1. The summed E-state index contributed by atoms with van der Waals surface area (Å²) in [6.45, 7) is 2.62. The molecule has 0 spiro atoms. The van der Waals surface area contributed by atoms with Gasteiger partial charge < -0.3 is 14.7 Å². The molecule has 0 bridgehead atoms. The molecule has 0 saturated carbocycles. The predicted octanol–water partition coefficient (Wildman–Crippen LogP) is 2.92. The number of carbonyl (C=O) groups is 1. The molecule has 2 rings (SSSR count). The number of aliphatic carboxylic acids is 1. The van der Waals surface area contributed by atoms with Crippen LogP contribution in [0.25, 0.3) is 0 Å². The van der Waals surface area contributed by atoms with Gasteiger partial charge in [0.25, 0.3) is 0 Å². The van der Waals surface area contributed by atoms with Crippen molar-refractivity contribution in [3.05, 3.63) is 59.9 Å². The molecule has 24 heavy (non-hydrogen) atoms. The van der Waals surface area contributed by atoms with E-state index in [0.29, 0.717) is 24.5 Å². The molecule has 6 nitrogen and oxygen atoms in total. The number of benzene rings is 1. The lowest BCUT2D eigenvalue weighted by Gasteiger charge is -2.07.